The molecule has 0 unspecified atom stereocenters. The van der Waals surface area contributed by atoms with Gasteiger partial charge in [0.1, 0.15) is 0 Å². The third kappa shape index (κ3) is 6.36. The molecule has 0 bridgehead atoms. The molecule has 1 rings (SSSR count). The van der Waals surface area contributed by atoms with Crippen LogP contribution in [0.25, 0.3) is 0 Å². The molecule has 1 heterocycles. The Morgan fingerprint density at radius 2 is 2.12 bits per heavy atom. The van der Waals surface area contributed by atoms with Crippen molar-refractivity contribution in [3.05, 3.63) is 24.0 Å². The van der Waals surface area contributed by atoms with Crippen LogP contribution in [0.5, 0.6) is 0 Å². The summed E-state index contributed by atoms with van der Waals surface area (Å²) in [5, 5.41) is 3.25. The monoisotopic (exact) mass is 248 g/mol. The number of nitrogens with zero attached hydrogens (tertiary/aromatic N) is 1. The SMILES string of the molecule is CCCNCc1ccn(CCCC(F)(F)F)c1. The molecule has 17 heavy (non-hydrogen) atoms. The maximum absolute atomic E-state index is 11.9. The molecular formula is C12H19F3N2. The van der Waals surface area contributed by atoms with Crippen molar-refractivity contribution in [2.24, 2.45) is 0 Å². The molecule has 0 spiro atoms. The molecule has 0 saturated heterocycles. The molecule has 0 aliphatic carbocycles. The largest absolute Gasteiger partial charge is 0.389 e. The highest BCUT2D eigenvalue weighted by molar-refractivity contribution is 5.09. The number of aryl methyl sites for hydroxylation is 1. The standard InChI is InChI=1S/C12H19F3N2/c1-2-6-16-9-11-4-8-17(10-11)7-3-5-12(13,14)15/h4,8,10,16H,2-3,5-7,9H2,1H3. The van der Waals surface area contributed by atoms with E-state index in [-0.39, 0.29) is 6.42 Å². The lowest BCUT2D eigenvalue weighted by molar-refractivity contribution is -0.135. The van der Waals surface area contributed by atoms with Crippen LogP contribution < -0.4 is 5.32 Å². The lowest BCUT2D eigenvalue weighted by atomic mass is 10.3. The lowest BCUT2D eigenvalue weighted by Crippen LogP contribution is -2.13. The maximum Gasteiger partial charge on any atom is 0.389 e. The summed E-state index contributed by atoms with van der Waals surface area (Å²) in [5.41, 5.74) is 1.12. The fraction of sp³-hybridized carbons (Fsp3) is 0.667. The molecule has 0 atom stereocenters. The number of aromatic nitrogens is 1. The Kier molecular flexibility index (Phi) is 5.55. The van der Waals surface area contributed by atoms with Crippen LogP contribution in [-0.2, 0) is 13.1 Å². The fourth-order valence-corrected chi connectivity index (χ4v) is 1.61. The Bertz CT molecular complexity index is 318. The zero-order valence-corrected chi connectivity index (χ0v) is 10.1. The molecule has 1 N–H and O–H groups in total. The van der Waals surface area contributed by atoms with Crippen LogP contribution in [0.15, 0.2) is 18.5 Å². The molecule has 1 aromatic rings. The van der Waals surface area contributed by atoms with Crippen LogP contribution in [0.4, 0.5) is 13.2 Å². The van der Waals surface area contributed by atoms with E-state index in [0.717, 1.165) is 25.1 Å². The number of hydrogen-bond acceptors (Lipinski definition) is 1. The van der Waals surface area contributed by atoms with Gasteiger partial charge in [0.05, 0.1) is 0 Å². The van der Waals surface area contributed by atoms with Crippen LogP contribution >= 0.6 is 0 Å². The minimum Gasteiger partial charge on any atom is -0.354 e. The van der Waals surface area contributed by atoms with Gasteiger partial charge in [0.25, 0.3) is 0 Å². The topological polar surface area (TPSA) is 17.0 Å². The lowest BCUT2D eigenvalue weighted by Gasteiger charge is -2.06. The van der Waals surface area contributed by atoms with Crippen molar-refractivity contribution in [2.45, 2.75) is 45.5 Å². The van der Waals surface area contributed by atoms with Gasteiger partial charge in [-0.05, 0) is 31.0 Å². The number of nitrogens with one attached hydrogen (secondary N) is 1. The summed E-state index contributed by atoms with van der Waals surface area (Å²) >= 11 is 0. The van der Waals surface area contributed by atoms with Crippen molar-refractivity contribution >= 4 is 0 Å². The summed E-state index contributed by atoms with van der Waals surface area (Å²) in [5.74, 6) is 0. The molecule has 0 amide bonds. The Hall–Kier alpha value is -0.970. The minimum atomic E-state index is -4.04. The predicted octanol–water partition coefficient (Wildman–Crippen LogP) is 3.33. The Labute approximate surface area is 99.8 Å². The molecule has 0 aromatic carbocycles. The molecule has 0 radical (unpaired) electrons. The van der Waals surface area contributed by atoms with Gasteiger partial charge in [-0.25, -0.2) is 0 Å². The summed E-state index contributed by atoms with van der Waals surface area (Å²) in [7, 11) is 0. The first-order chi connectivity index (χ1) is 8.01. The maximum atomic E-state index is 11.9. The van der Waals surface area contributed by atoms with Crippen molar-refractivity contribution in [1.82, 2.24) is 9.88 Å². The second kappa shape index (κ2) is 6.69. The van der Waals surface area contributed by atoms with Gasteiger partial charge in [0.2, 0.25) is 0 Å². The number of alkyl halides is 3. The first-order valence-corrected chi connectivity index (χ1v) is 5.93. The van der Waals surface area contributed by atoms with E-state index in [1.165, 1.54) is 0 Å². The van der Waals surface area contributed by atoms with Gasteiger partial charge in [-0.1, -0.05) is 6.92 Å². The number of halogens is 3. The third-order valence-electron chi connectivity index (χ3n) is 2.44. The molecule has 0 aliphatic rings. The Balaban J connectivity index is 2.26. The molecule has 98 valence electrons. The third-order valence-corrected chi connectivity index (χ3v) is 2.44. The summed E-state index contributed by atoms with van der Waals surface area (Å²) in [6.45, 7) is 4.25. The van der Waals surface area contributed by atoms with Crippen molar-refractivity contribution < 1.29 is 13.2 Å². The second-order valence-electron chi connectivity index (χ2n) is 4.15. The van der Waals surface area contributed by atoms with Gasteiger partial charge >= 0.3 is 6.18 Å². The summed E-state index contributed by atoms with van der Waals surface area (Å²) < 4.78 is 37.7. The van der Waals surface area contributed by atoms with Crippen molar-refractivity contribution in [1.29, 1.82) is 0 Å². The molecule has 0 saturated carbocycles. The van der Waals surface area contributed by atoms with Gasteiger partial charge in [-0.3, -0.25) is 0 Å². The van der Waals surface area contributed by atoms with Crippen molar-refractivity contribution in [3.8, 4) is 0 Å². The molecule has 0 fully saturated rings. The van der Waals surface area contributed by atoms with Crippen LogP contribution in [-0.4, -0.2) is 17.3 Å². The van der Waals surface area contributed by atoms with Crippen molar-refractivity contribution in [3.63, 3.8) is 0 Å². The van der Waals surface area contributed by atoms with Crippen LogP contribution in [0, 0.1) is 0 Å². The zero-order valence-electron chi connectivity index (χ0n) is 10.1. The van der Waals surface area contributed by atoms with E-state index in [9.17, 15) is 13.2 Å². The zero-order chi connectivity index (χ0) is 12.7. The normalized spacial score (nSPS) is 12.0. The molecule has 0 aliphatic heterocycles. The van der Waals surface area contributed by atoms with E-state index in [1.807, 2.05) is 23.0 Å². The molecule has 1 aromatic heterocycles. The van der Waals surface area contributed by atoms with E-state index in [0.29, 0.717) is 6.54 Å². The second-order valence-corrected chi connectivity index (χ2v) is 4.15. The molecule has 2 nitrogen and oxygen atoms in total. The Morgan fingerprint density at radius 1 is 1.35 bits per heavy atom. The van der Waals surface area contributed by atoms with Crippen molar-refractivity contribution in [2.75, 3.05) is 6.54 Å². The van der Waals surface area contributed by atoms with Gasteiger partial charge in [0, 0.05) is 31.9 Å². The number of hydrogen-bond donors (Lipinski definition) is 1. The highest BCUT2D eigenvalue weighted by Crippen LogP contribution is 2.21. The smallest absolute Gasteiger partial charge is 0.354 e. The highest BCUT2D eigenvalue weighted by atomic mass is 19.4. The van der Waals surface area contributed by atoms with E-state index >= 15 is 0 Å². The minimum absolute atomic E-state index is 0.139. The van der Waals surface area contributed by atoms with Crippen LogP contribution in [0.1, 0.15) is 31.7 Å². The van der Waals surface area contributed by atoms with E-state index in [2.05, 4.69) is 12.2 Å². The van der Waals surface area contributed by atoms with Gasteiger partial charge in [-0.2, -0.15) is 13.2 Å². The average molecular weight is 248 g/mol. The van der Waals surface area contributed by atoms with Gasteiger partial charge < -0.3 is 9.88 Å². The van der Waals surface area contributed by atoms with Crippen LogP contribution in [0.3, 0.4) is 0 Å². The van der Waals surface area contributed by atoms with E-state index < -0.39 is 12.6 Å². The quantitative estimate of drug-likeness (QED) is 0.732. The fourth-order valence-electron chi connectivity index (χ4n) is 1.61. The average Bonchev–Trinajstić information content (AvgIpc) is 2.64. The van der Waals surface area contributed by atoms with Gasteiger partial charge in [-0.15, -0.1) is 0 Å². The summed E-state index contributed by atoms with van der Waals surface area (Å²) in [6, 6.07) is 1.94. The summed E-state index contributed by atoms with van der Waals surface area (Å²) in [6.07, 6.45) is 0.192. The van der Waals surface area contributed by atoms with E-state index in [1.54, 1.807) is 0 Å². The first kappa shape index (κ1) is 14.1. The van der Waals surface area contributed by atoms with E-state index in [4.69, 9.17) is 0 Å². The first-order valence-electron chi connectivity index (χ1n) is 5.93. The molecule has 5 heteroatoms. The van der Waals surface area contributed by atoms with Crippen LogP contribution in [0.2, 0.25) is 0 Å². The van der Waals surface area contributed by atoms with Gasteiger partial charge in [0.15, 0.2) is 0 Å². The predicted molar refractivity (Wildman–Crippen MR) is 61.7 cm³/mol. The highest BCUT2D eigenvalue weighted by Gasteiger charge is 2.25. The summed E-state index contributed by atoms with van der Waals surface area (Å²) in [4.78, 5) is 0. The number of rotatable bonds is 7. The Morgan fingerprint density at radius 3 is 2.76 bits per heavy atom. The molecular weight excluding hydrogens is 229 g/mol.